The van der Waals surface area contributed by atoms with Crippen molar-refractivity contribution in [3.63, 3.8) is 0 Å². The molecule has 192 valence electrons. The molecule has 0 bridgehead atoms. The van der Waals surface area contributed by atoms with Gasteiger partial charge in [0.15, 0.2) is 0 Å². The third kappa shape index (κ3) is 10.4. The fraction of sp³-hybridized carbons (Fsp3) is 0.885. The summed E-state index contributed by atoms with van der Waals surface area (Å²) in [6.45, 7) is 3.95. The van der Waals surface area contributed by atoms with Crippen LogP contribution in [-0.2, 0) is 14.3 Å². The van der Waals surface area contributed by atoms with Crippen LogP contribution in [-0.4, -0.2) is 69.1 Å². The van der Waals surface area contributed by atoms with Gasteiger partial charge in [-0.05, 0) is 57.9 Å². The minimum absolute atomic E-state index is 0.115. The molecule has 1 saturated heterocycles. The Balaban J connectivity index is 1.54. The topological polar surface area (TPSA) is 116 Å². The normalized spacial score (nSPS) is 26.7. The minimum Gasteiger partial charge on any atom is -0.455 e. The first kappa shape index (κ1) is 28.2. The highest BCUT2D eigenvalue weighted by molar-refractivity contribution is 5.90. The monoisotopic (exact) mass is 470 g/mol. The number of hydrogen-bond acceptors (Lipinski definition) is 7. The van der Waals surface area contributed by atoms with E-state index >= 15 is 0 Å². The predicted octanol–water partition coefficient (Wildman–Crippen LogP) is 3.55. The van der Waals surface area contributed by atoms with Crippen LogP contribution in [0.1, 0.15) is 104 Å². The largest absolute Gasteiger partial charge is 0.455 e. The van der Waals surface area contributed by atoms with Gasteiger partial charge in [-0.15, -0.1) is 0 Å². The van der Waals surface area contributed by atoms with Crippen LogP contribution in [0, 0.1) is 0 Å². The molecule has 2 unspecified atom stereocenters. The summed E-state index contributed by atoms with van der Waals surface area (Å²) < 4.78 is 11.1. The summed E-state index contributed by atoms with van der Waals surface area (Å²) in [4.78, 5) is 11.6. The van der Waals surface area contributed by atoms with Crippen molar-refractivity contribution >= 4 is 5.97 Å². The average Bonchev–Trinajstić information content (AvgIpc) is 3.38. The van der Waals surface area contributed by atoms with E-state index in [0.717, 1.165) is 57.8 Å². The number of carbonyl (C=O) groups excluding carboxylic acids is 1. The molecule has 7 atom stereocenters. The van der Waals surface area contributed by atoms with Crippen molar-refractivity contribution < 1.29 is 34.7 Å². The maximum absolute atomic E-state index is 11.6. The lowest BCUT2D eigenvalue weighted by Crippen LogP contribution is -2.31. The van der Waals surface area contributed by atoms with Gasteiger partial charge in [-0.2, -0.15) is 0 Å². The van der Waals surface area contributed by atoms with E-state index in [9.17, 15) is 25.2 Å². The second kappa shape index (κ2) is 15.1. The van der Waals surface area contributed by atoms with Gasteiger partial charge in [0.25, 0.3) is 0 Å². The quantitative estimate of drug-likeness (QED) is 0.190. The van der Waals surface area contributed by atoms with Crippen LogP contribution in [0.2, 0.25) is 0 Å². The number of aliphatic hydroxyl groups excluding tert-OH is 4. The van der Waals surface area contributed by atoms with E-state index in [0.29, 0.717) is 37.7 Å². The van der Waals surface area contributed by atoms with Gasteiger partial charge in [0.05, 0.1) is 36.6 Å². The molecule has 0 aliphatic carbocycles. The third-order valence-corrected chi connectivity index (χ3v) is 6.89. The van der Waals surface area contributed by atoms with E-state index in [2.05, 4.69) is 6.92 Å². The van der Waals surface area contributed by atoms with E-state index in [4.69, 9.17) is 9.47 Å². The number of hydrogen-bond donors (Lipinski definition) is 4. The zero-order chi connectivity index (χ0) is 24.2. The Labute approximate surface area is 199 Å². The van der Waals surface area contributed by atoms with Crippen molar-refractivity contribution in [3.8, 4) is 0 Å². The summed E-state index contributed by atoms with van der Waals surface area (Å²) in [6, 6.07) is 0. The number of cyclic esters (lactones) is 1. The number of unbranched alkanes of at least 4 members (excludes halogenated alkanes) is 4. The summed E-state index contributed by atoms with van der Waals surface area (Å²) in [5.41, 5.74) is 0.570. The van der Waals surface area contributed by atoms with Gasteiger partial charge in [-0.3, -0.25) is 0 Å². The van der Waals surface area contributed by atoms with E-state index in [1.165, 1.54) is 0 Å². The lowest BCUT2D eigenvalue weighted by molar-refractivity contribution is -0.139. The molecule has 0 aromatic carbocycles. The molecule has 1 fully saturated rings. The molecule has 0 saturated carbocycles. The average molecular weight is 471 g/mol. The van der Waals surface area contributed by atoms with Crippen LogP contribution in [0.3, 0.4) is 0 Å². The Hall–Kier alpha value is -0.990. The number of ether oxygens (including phenoxy) is 2. The molecule has 0 aromatic heterocycles. The van der Waals surface area contributed by atoms with Crippen molar-refractivity contribution in [2.24, 2.45) is 0 Å². The van der Waals surface area contributed by atoms with Gasteiger partial charge in [-0.1, -0.05) is 45.4 Å². The van der Waals surface area contributed by atoms with Gasteiger partial charge in [0, 0.05) is 12.0 Å². The summed E-state index contributed by atoms with van der Waals surface area (Å²) in [7, 11) is 0. The fourth-order valence-electron chi connectivity index (χ4n) is 4.81. The van der Waals surface area contributed by atoms with Crippen molar-refractivity contribution in [3.05, 3.63) is 11.6 Å². The highest BCUT2D eigenvalue weighted by Crippen LogP contribution is 2.28. The summed E-state index contributed by atoms with van der Waals surface area (Å²) >= 11 is 0. The SMILES string of the molecule is CCCCCC[C@@H](O)[C@H](O)CC[C@H](O)C1CCC(CCCC[C@@H](O)CC2=C[C@H](C)OC2=O)O1. The number of aliphatic hydroxyl groups is 4. The Morgan fingerprint density at radius 1 is 0.939 bits per heavy atom. The van der Waals surface area contributed by atoms with Crippen LogP contribution in [0.4, 0.5) is 0 Å². The Morgan fingerprint density at radius 3 is 2.36 bits per heavy atom. The lowest BCUT2D eigenvalue weighted by atomic mass is 9.98. The highest BCUT2D eigenvalue weighted by atomic mass is 16.5. The first-order chi connectivity index (χ1) is 15.8. The third-order valence-electron chi connectivity index (χ3n) is 6.89. The molecule has 2 heterocycles. The van der Waals surface area contributed by atoms with E-state index in [1.54, 1.807) is 6.08 Å². The predicted molar refractivity (Wildman–Crippen MR) is 127 cm³/mol. The maximum Gasteiger partial charge on any atom is 0.334 e. The Kier molecular flexibility index (Phi) is 12.9. The zero-order valence-electron chi connectivity index (χ0n) is 20.5. The van der Waals surface area contributed by atoms with Crippen LogP contribution in [0.15, 0.2) is 11.6 Å². The molecule has 2 aliphatic rings. The van der Waals surface area contributed by atoms with Gasteiger partial charge in [0.2, 0.25) is 0 Å². The highest BCUT2D eigenvalue weighted by Gasteiger charge is 2.31. The van der Waals surface area contributed by atoms with Crippen molar-refractivity contribution in [2.45, 2.75) is 146 Å². The van der Waals surface area contributed by atoms with E-state index in [-0.39, 0.29) is 24.3 Å². The molecule has 0 spiro atoms. The molecule has 2 aliphatic heterocycles. The Bertz CT molecular complexity index is 593. The first-order valence-corrected chi connectivity index (χ1v) is 13.1. The number of esters is 1. The second-order valence-electron chi connectivity index (χ2n) is 9.95. The van der Waals surface area contributed by atoms with Crippen molar-refractivity contribution in [2.75, 3.05) is 0 Å². The number of carbonyl (C=O) groups is 1. The van der Waals surface area contributed by atoms with E-state index in [1.807, 2.05) is 6.92 Å². The number of rotatable bonds is 17. The summed E-state index contributed by atoms with van der Waals surface area (Å²) in [5, 5.41) is 40.9. The van der Waals surface area contributed by atoms with Gasteiger partial charge in [-0.25, -0.2) is 4.79 Å². The van der Waals surface area contributed by atoms with Crippen LogP contribution in [0.5, 0.6) is 0 Å². The standard InChI is InChI=1S/C26H46O7/c1-3-4-5-6-11-22(28)23(29)13-14-24(30)25-15-12-21(33-25)10-8-7-9-20(27)17-19-16-18(2)32-26(19)31/h16,18,20-25,27-30H,3-15,17H2,1-2H3/t18-,20+,21?,22+,23+,24-,25?/m0/s1. The minimum atomic E-state index is -0.796. The van der Waals surface area contributed by atoms with Crippen molar-refractivity contribution in [1.82, 2.24) is 0 Å². The zero-order valence-corrected chi connectivity index (χ0v) is 20.5. The molecule has 0 aromatic rings. The van der Waals surface area contributed by atoms with Gasteiger partial charge < -0.3 is 29.9 Å². The van der Waals surface area contributed by atoms with Gasteiger partial charge in [0.1, 0.15) is 6.10 Å². The summed E-state index contributed by atoms with van der Waals surface area (Å²) in [6.07, 6.45) is 9.84. The second-order valence-corrected chi connectivity index (χ2v) is 9.95. The first-order valence-electron chi connectivity index (χ1n) is 13.1. The smallest absolute Gasteiger partial charge is 0.334 e. The molecule has 33 heavy (non-hydrogen) atoms. The molecule has 4 N–H and O–H groups in total. The molecule has 7 heteroatoms. The molecule has 7 nitrogen and oxygen atoms in total. The Morgan fingerprint density at radius 2 is 1.67 bits per heavy atom. The molecular weight excluding hydrogens is 424 g/mol. The van der Waals surface area contributed by atoms with Gasteiger partial charge >= 0.3 is 5.97 Å². The molecule has 2 rings (SSSR count). The van der Waals surface area contributed by atoms with E-state index < -0.39 is 24.4 Å². The molecule has 0 amide bonds. The lowest BCUT2D eigenvalue weighted by Gasteiger charge is -2.22. The molecule has 0 radical (unpaired) electrons. The summed E-state index contributed by atoms with van der Waals surface area (Å²) in [5.74, 6) is -0.320. The van der Waals surface area contributed by atoms with Crippen LogP contribution < -0.4 is 0 Å². The fourth-order valence-corrected chi connectivity index (χ4v) is 4.81. The molecular formula is C26H46O7. The maximum atomic E-state index is 11.6. The van der Waals surface area contributed by atoms with Crippen LogP contribution in [0.25, 0.3) is 0 Å². The van der Waals surface area contributed by atoms with Crippen LogP contribution >= 0.6 is 0 Å². The van der Waals surface area contributed by atoms with Crippen molar-refractivity contribution in [1.29, 1.82) is 0 Å².